The summed E-state index contributed by atoms with van der Waals surface area (Å²) < 4.78 is 0. The second-order valence-electron chi connectivity index (χ2n) is 16.5. The van der Waals surface area contributed by atoms with Gasteiger partial charge in [0.05, 0.1) is 10.3 Å². The molecule has 0 unspecified atom stereocenters. The fraction of sp³-hybridized carbons (Fsp3) is 0.0678. The maximum absolute atomic E-state index is 13.6. The molecule has 7 aromatic carbocycles. The minimum Gasteiger partial charge on any atom is -0.294 e. The second kappa shape index (κ2) is 16.3. The summed E-state index contributed by atoms with van der Waals surface area (Å²) in [6, 6.07) is 74.7. The van der Waals surface area contributed by atoms with Crippen molar-refractivity contribution in [2.24, 2.45) is 0 Å². The van der Waals surface area contributed by atoms with E-state index in [1.807, 2.05) is 28.7 Å². The van der Waals surface area contributed by atoms with Gasteiger partial charge in [-0.2, -0.15) is 0 Å². The third-order valence-electron chi connectivity index (χ3n) is 12.7. The van der Waals surface area contributed by atoms with Crippen LogP contribution in [0, 0.1) is 13.8 Å². The highest BCUT2D eigenvalue weighted by atomic mass is 32.1. The fourth-order valence-electron chi connectivity index (χ4n) is 9.68. The van der Waals surface area contributed by atoms with Crippen LogP contribution in [-0.2, 0) is 5.41 Å². The Bertz CT molecular complexity index is 3220. The average Bonchev–Trinajstić information content (AvgIpc) is 4.12. The van der Waals surface area contributed by atoms with E-state index in [1.165, 1.54) is 69.8 Å². The summed E-state index contributed by atoms with van der Waals surface area (Å²) in [6.45, 7) is 6.24. The topological polar surface area (TPSA) is 20.3 Å². The number of nitrogens with zero attached hydrogens (tertiary/aromatic N) is 1. The first-order valence-corrected chi connectivity index (χ1v) is 24.1. The van der Waals surface area contributed by atoms with Crippen molar-refractivity contribution in [2.75, 3.05) is 4.90 Å². The number of ketones is 1. The van der Waals surface area contributed by atoms with Gasteiger partial charge in [0.1, 0.15) is 10.0 Å². The number of carbonyl (C=O) groups excluding carboxylic acids is 1. The zero-order valence-electron chi connectivity index (χ0n) is 35.7. The summed E-state index contributed by atoms with van der Waals surface area (Å²) in [5, 5.41) is 2.39. The zero-order chi connectivity index (χ0) is 43.4. The molecule has 308 valence electrons. The summed E-state index contributed by atoms with van der Waals surface area (Å²) in [6.07, 6.45) is 0. The number of hydrogen-bond donors (Lipinski definition) is 0. The summed E-state index contributed by atoms with van der Waals surface area (Å²) in [4.78, 5) is 20.4. The summed E-state index contributed by atoms with van der Waals surface area (Å²) in [5.74, 6) is 0.0763. The molecular weight excluding hydrogens is 835 g/mol. The third-order valence-corrected chi connectivity index (χ3v) is 16.3. The Morgan fingerprint density at radius 3 is 1.39 bits per heavy atom. The number of thiophene rings is 3. The van der Waals surface area contributed by atoms with Crippen molar-refractivity contribution >= 4 is 55.5 Å². The van der Waals surface area contributed by atoms with Crippen molar-refractivity contribution in [2.45, 2.75) is 26.2 Å². The van der Waals surface area contributed by atoms with Crippen LogP contribution < -0.4 is 4.90 Å². The first-order valence-electron chi connectivity index (χ1n) is 21.6. The standard InChI is InChI=1S/C59H43NOS3/c1-38-19-16-17-29-49(38)59(50-30-18-28-47(39(50)2)48-35-53(62-56(48)40(3)61)43-22-10-5-11-23-43)51-36-54(44-24-12-6-13-25-44)63-57(51)60(46-33-31-42(32-34-46)41-20-8-4-9-21-41)58-52(59)37-55(64-58)45-26-14-7-15-27-45/h4-37H,1-3H3. The molecule has 2 nitrogen and oxygen atoms in total. The van der Waals surface area contributed by atoms with Crippen molar-refractivity contribution < 1.29 is 4.79 Å². The van der Waals surface area contributed by atoms with Gasteiger partial charge in [-0.15, -0.1) is 34.0 Å². The molecule has 0 saturated carbocycles. The van der Waals surface area contributed by atoms with Gasteiger partial charge in [-0.1, -0.05) is 176 Å². The molecule has 0 atom stereocenters. The quantitative estimate of drug-likeness (QED) is 0.135. The Morgan fingerprint density at radius 2 is 0.875 bits per heavy atom. The van der Waals surface area contributed by atoms with Crippen LogP contribution in [0.4, 0.5) is 15.7 Å². The third kappa shape index (κ3) is 6.62. The molecular formula is C59H43NOS3. The number of carbonyl (C=O) groups is 1. The number of Topliss-reactive ketones (excluding diaryl/α,β-unsaturated/α-hetero) is 1. The molecule has 0 spiro atoms. The van der Waals surface area contributed by atoms with Gasteiger partial charge in [-0.05, 0) is 107 Å². The van der Waals surface area contributed by atoms with E-state index in [2.05, 4.69) is 219 Å². The van der Waals surface area contributed by atoms with E-state index in [9.17, 15) is 4.79 Å². The minimum atomic E-state index is -0.738. The van der Waals surface area contributed by atoms with Crippen molar-refractivity contribution in [1.82, 2.24) is 0 Å². The summed E-state index contributed by atoms with van der Waals surface area (Å²) >= 11 is 5.31. The number of aryl methyl sites for hydroxylation is 1. The van der Waals surface area contributed by atoms with Crippen molar-refractivity contribution in [1.29, 1.82) is 0 Å². The number of hydrogen-bond acceptors (Lipinski definition) is 5. The molecule has 10 aromatic rings. The molecule has 5 heteroatoms. The smallest absolute Gasteiger partial charge is 0.170 e. The van der Waals surface area contributed by atoms with Gasteiger partial charge in [0.25, 0.3) is 0 Å². The molecule has 1 aliphatic heterocycles. The number of anilines is 3. The maximum Gasteiger partial charge on any atom is 0.170 e. The van der Waals surface area contributed by atoms with Crippen LogP contribution in [0.3, 0.4) is 0 Å². The van der Waals surface area contributed by atoms with Gasteiger partial charge in [-0.25, -0.2) is 0 Å². The lowest BCUT2D eigenvalue weighted by Gasteiger charge is -2.44. The summed E-state index contributed by atoms with van der Waals surface area (Å²) in [7, 11) is 0. The number of fused-ring (bicyclic) bond motifs is 2. The van der Waals surface area contributed by atoms with Gasteiger partial charge >= 0.3 is 0 Å². The molecule has 0 radical (unpaired) electrons. The first-order chi connectivity index (χ1) is 31.4. The van der Waals surface area contributed by atoms with Crippen LogP contribution in [-0.4, -0.2) is 5.78 Å². The zero-order valence-corrected chi connectivity index (χ0v) is 38.2. The molecule has 1 aliphatic rings. The fourth-order valence-corrected chi connectivity index (χ4v) is 13.3. The Morgan fingerprint density at radius 1 is 0.422 bits per heavy atom. The highest BCUT2D eigenvalue weighted by molar-refractivity contribution is 7.22. The average molecular weight is 878 g/mol. The van der Waals surface area contributed by atoms with Crippen LogP contribution in [0.1, 0.15) is 50.0 Å². The van der Waals surface area contributed by atoms with E-state index < -0.39 is 5.41 Å². The maximum atomic E-state index is 13.6. The molecule has 3 aromatic heterocycles. The van der Waals surface area contributed by atoms with Crippen molar-refractivity contribution in [3.63, 3.8) is 0 Å². The van der Waals surface area contributed by atoms with Gasteiger partial charge in [0.2, 0.25) is 0 Å². The predicted molar refractivity (Wildman–Crippen MR) is 273 cm³/mol. The minimum absolute atomic E-state index is 0.0763. The van der Waals surface area contributed by atoms with Crippen LogP contribution in [0.5, 0.6) is 0 Å². The Hall–Kier alpha value is -6.89. The van der Waals surface area contributed by atoms with Gasteiger partial charge in [0.15, 0.2) is 5.78 Å². The molecule has 64 heavy (non-hydrogen) atoms. The molecule has 0 saturated heterocycles. The van der Waals surface area contributed by atoms with E-state index in [-0.39, 0.29) is 5.78 Å². The Balaban J connectivity index is 1.24. The molecule has 0 bridgehead atoms. The molecule has 0 aliphatic carbocycles. The predicted octanol–water partition coefficient (Wildman–Crippen LogP) is 17.2. The van der Waals surface area contributed by atoms with Gasteiger partial charge in [-0.3, -0.25) is 9.69 Å². The SMILES string of the molecule is CC(=O)c1sc(-c2ccccc2)cc1-c1cccc(C2(c3ccccc3C)c3cc(-c4ccccc4)sc3N(c3ccc(-c4ccccc4)cc3)c3sc(-c4ccccc4)cc32)c1C. The van der Waals surface area contributed by atoms with Crippen LogP contribution in [0.15, 0.2) is 206 Å². The van der Waals surface area contributed by atoms with E-state index in [4.69, 9.17) is 0 Å². The molecule has 0 amide bonds. The summed E-state index contributed by atoms with van der Waals surface area (Å²) in [5.41, 5.74) is 15.6. The van der Waals surface area contributed by atoms with E-state index in [0.29, 0.717) is 0 Å². The van der Waals surface area contributed by atoms with Crippen molar-refractivity contribution in [3.05, 3.63) is 245 Å². The van der Waals surface area contributed by atoms with Crippen LogP contribution in [0.2, 0.25) is 0 Å². The largest absolute Gasteiger partial charge is 0.294 e. The number of rotatable bonds is 9. The van der Waals surface area contributed by atoms with E-state index in [1.54, 1.807) is 18.3 Å². The Labute approximate surface area is 387 Å². The lowest BCUT2D eigenvalue weighted by Crippen LogP contribution is -2.37. The molecule has 0 N–H and O–H groups in total. The molecule has 11 rings (SSSR count). The van der Waals surface area contributed by atoms with E-state index >= 15 is 0 Å². The first kappa shape index (κ1) is 39.9. The monoisotopic (exact) mass is 877 g/mol. The lowest BCUT2D eigenvalue weighted by molar-refractivity contribution is 0.102. The second-order valence-corrected chi connectivity index (χ2v) is 19.6. The van der Waals surface area contributed by atoms with Gasteiger partial charge < -0.3 is 0 Å². The van der Waals surface area contributed by atoms with Crippen LogP contribution >= 0.6 is 34.0 Å². The van der Waals surface area contributed by atoms with Crippen molar-refractivity contribution in [3.8, 4) is 53.6 Å². The highest BCUT2D eigenvalue weighted by Crippen LogP contribution is 2.65. The van der Waals surface area contributed by atoms with Gasteiger partial charge in [0, 0.05) is 37.0 Å². The van der Waals surface area contributed by atoms with Crippen LogP contribution in [0.25, 0.3) is 53.6 Å². The lowest BCUT2D eigenvalue weighted by atomic mass is 9.62. The normalized spacial score (nSPS) is 12.8. The number of benzene rings is 7. The Kier molecular flexibility index (Phi) is 10.2. The molecule has 4 heterocycles. The van der Waals surface area contributed by atoms with E-state index in [0.717, 1.165) is 37.7 Å². The molecule has 0 fully saturated rings. The highest BCUT2D eigenvalue weighted by Gasteiger charge is 2.50.